The van der Waals surface area contributed by atoms with Crippen LogP contribution >= 0.6 is 0 Å². The van der Waals surface area contributed by atoms with Crippen molar-refractivity contribution in [3.05, 3.63) is 29.3 Å². The van der Waals surface area contributed by atoms with Crippen molar-refractivity contribution >= 4 is 21.6 Å². The topological polar surface area (TPSA) is 92.5 Å². The molecule has 1 fully saturated rings. The van der Waals surface area contributed by atoms with Crippen LogP contribution in [0.15, 0.2) is 18.2 Å². The zero-order valence-electron chi connectivity index (χ0n) is 14.7. The van der Waals surface area contributed by atoms with Crippen molar-refractivity contribution in [2.24, 2.45) is 0 Å². The van der Waals surface area contributed by atoms with Gasteiger partial charge in [-0.25, -0.2) is 8.42 Å². The van der Waals surface area contributed by atoms with Crippen LogP contribution in [0.4, 0.5) is 5.69 Å². The number of nitrogens with zero attached hydrogens (tertiary/aromatic N) is 1. The lowest BCUT2D eigenvalue weighted by atomic mass is 9.87. The van der Waals surface area contributed by atoms with Crippen LogP contribution < -0.4 is 11.1 Å². The molecule has 1 saturated heterocycles. The molecule has 0 radical (unpaired) electrons. The molecule has 0 aromatic heterocycles. The number of carbonyl (C=O) groups excluding carboxylic acids is 1. The van der Waals surface area contributed by atoms with E-state index in [0.717, 1.165) is 36.9 Å². The first-order valence-electron chi connectivity index (χ1n) is 9.10. The Balaban J connectivity index is 1.75. The van der Waals surface area contributed by atoms with Crippen molar-refractivity contribution in [1.82, 2.24) is 9.62 Å². The number of hydrogen-bond acceptors (Lipinski definition) is 4. The minimum atomic E-state index is -3.36. The zero-order chi connectivity index (χ0) is 18.0. The van der Waals surface area contributed by atoms with Gasteiger partial charge in [0.05, 0.1) is 11.8 Å². The Bertz CT molecular complexity index is 748. The highest BCUT2D eigenvalue weighted by Crippen LogP contribution is 2.32. The van der Waals surface area contributed by atoms with Crippen molar-refractivity contribution in [3.63, 3.8) is 0 Å². The summed E-state index contributed by atoms with van der Waals surface area (Å²) in [5, 5.41) is 3.09. The van der Waals surface area contributed by atoms with Gasteiger partial charge in [-0.05, 0) is 61.8 Å². The molecule has 1 amide bonds. The Hall–Kier alpha value is -1.60. The molecule has 2 aliphatic rings. The van der Waals surface area contributed by atoms with Gasteiger partial charge in [-0.3, -0.25) is 4.79 Å². The Labute approximate surface area is 149 Å². The number of nitrogens with two attached hydrogens (primary N) is 1. The molecule has 3 N–H and O–H groups in total. The lowest BCUT2D eigenvalue weighted by molar-refractivity contribution is -0.125. The van der Waals surface area contributed by atoms with E-state index >= 15 is 0 Å². The number of nitrogen functional groups attached to an aromatic ring is 1. The number of fused-ring (bicyclic) bond motifs is 1. The summed E-state index contributed by atoms with van der Waals surface area (Å²) in [5.41, 5.74) is 8.88. The van der Waals surface area contributed by atoms with Gasteiger partial charge in [0.2, 0.25) is 15.9 Å². The molecule has 1 aromatic rings. The standard InChI is InChI=1S/C18H27N3O3S/c1-2-11-25(23,24)21-10-4-7-17(21)18(22)20-16-6-3-5-13-12-14(19)8-9-15(13)16/h8-9,12,16-17H,2-7,10-11,19H2,1H3,(H,20,22). The first-order chi connectivity index (χ1) is 11.9. The van der Waals surface area contributed by atoms with Crippen LogP contribution in [0.2, 0.25) is 0 Å². The van der Waals surface area contributed by atoms with Gasteiger partial charge >= 0.3 is 0 Å². The third-order valence-electron chi connectivity index (χ3n) is 5.12. The third-order valence-corrected chi connectivity index (χ3v) is 7.20. The molecule has 25 heavy (non-hydrogen) atoms. The van der Waals surface area contributed by atoms with Gasteiger partial charge in [-0.2, -0.15) is 4.31 Å². The fraction of sp³-hybridized carbons (Fsp3) is 0.611. The number of rotatable bonds is 5. The summed E-state index contributed by atoms with van der Waals surface area (Å²) in [4.78, 5) is 12.8. The van der Waals surface area contributed by atoms with Gasteiger partial charge in [0.15, 0.2) is 0 Å². The Morgan fingerprint density at radius 1 is 1.32 bits per heavy atom. The van der Waals surface area contributed by atoms with Crippen LogP contribution in [0, 0.1) is 0 Å². The van der Waals surface area contributed by atoms with Crippen LogP contribution in [0.5, 0.6) is 0 Å². The van der Waals surface area contributed by atoms with Crippen molar-refractivity contribution in [2.75, 3.05) is 18.0 Å². The fourth-order valence-electron chi connectivity index (χ4n) is 3.96. The molecule has 2 atom stereocenters. The van der Waals surface area contributed by atoms with Crippen LogP contribution in [0.1, 0.15) is 56.2 Å². The van der Waals surface area contributed by atoms with E-state index in [9.17, 15) is 13.2 Å². The first kappa shape index (κ1) is 18.2. The van der Waals surface area contributed by atoms with Gasteiger partial charge in [0, 0.05) is 12.2 Å². The maximum atomic E-state index is 12.8. The molecule has 2 unspecified atom stereocenters. The molecule has 0 spiro atoms. The third kappa shape index (κ3) is 3.82. The molecule has 7 heteroatoms. The molecule has 3 rings (SSSR count). The van der Waals surface area contributed by atoms with Crippen molar-refractivity contribution < 1.29 is 13.2 Å². The van der Waals surface area contributed by atoms with E-state index in [2.05, 4.69) is 5.32 Å². The van der Waals surface area contributed by atoms with Gasteiger partial charge in [-0.15, -0.1) is 0 Å². The summed E-state index contributed by atoms with van der Waals surface area (Å²) in [6.45, 7) is 2.28. The monoisotopic (exact) mass is 365 g/mol. The number of nitrogens with one attached hydrogen (secondary N) is 1. The summed E-state index contributed by atoms with van der Waals surface area (Å²) in [5.74, 6) is -0.0747. The second kappa shape index (κ2) is 7.33. The zero-order valence-corrected chi connectivity index (χ0v) is 15.5. The summed E-state index contributed by atoms with van der Waals surface area (Å²) >= 11 is 0. The summed E-state index contributed by atoms with van der Waals surface area (Å²) in [7, 11) is -3.36. The molecular weight excluding hydrogens is 338 g/mol. The lowest BCUT2D eigenvalue weighted by Crippen LogP contribution is -2.47. The highest BCUT2D eigenvalue weighted by atomic mass is 32.2. The number of anilines is 1. The van der Waals surface area contributed by atoms with Crippen molar-refractivity contribution in [3.8, 4) is 0 Å². The quantitative estimate of drug-likeness (QED) is 0.780. The fourth-order valence-corrected chi connectivity index (χ4v) is 5.71. The summed E-state index contributed by atoms with van der Waals surface area (Å²) in [6.07, 6.45) is 4.72. The molecule has 0 saturated carbocycles. The lowest BCUT2D eigenvalue weighted by Gasteiger charge is -2.29. The number of carbonyl (C=O) groups is 1. The van der Waals surface area contributed by atoms with E-state index in [1.165, 1.54) is 9.87 Å². The molecule has 1 aromatic carbocycles. The largest absolute Gasteiger partial charge is 0.399 e. The maximum Gasteiger partial charge on any atom is 0.238 e. The van der Waals surface area contributed by atoms with Crippen LogP contribution in [-0.4, -0.2) is 37.0 Å². The highest BCUT2D eigenvalue weighted by Gasteiger charge is 2.39. The van der Waals surface area contributed by atoms with E-state index < -0.39 is 16.1 Å². The minimum Gasteiger partial charge on any atom is -0.399 e. The average molecular weight is 365 g/mol. The smallest absolute Gasteiger partial charge is 0.238 e. The Kier molecular flexibility index (Phi) is 5.34. The van der Waals surface area contributed by atoms with E-state index in [1.54, 1.807) is 0 Å². The molecular formula is C18H27N3O3S. The first-order valence-corrected chi connectivity index (χ1v) is 10.7. The van der Waals surface area contributed by atoms with Crippen LogP contribution in [0.25, 0.3) is 0 Å². The molecule has 1 aliphatic heterocycles. The number of benzene rings is 1. The number of hydrogen-bond donors (Lipinski definition) is 2. The molecule has 0 bridgehead atoms. The highest BCUT2D eigenvalue weighted by molar-refractivity contribution is 7.89. The second-order valence-electron chi connectivity index (χ2n) is 7.00. The molecule has 1 aliphatic carbocycles. The average Bonchev–Trinajstić information content (AvgIpc) is 3.05. The van der Waals surface area contributed by atoms with Crippen LogP contribution in [0.3, 0.4) is 0 Å². The van der Waals surface area contributed by atoms with E-state index in [0.29, 0.717) is 19.4 Å². The number of sulfonamides is 1. The van der Waals surface area contributed by atoms with Gasteiger partial charge < -0.3 is 11.1 Å². The SMILES string of the molecule is CCCS(=O)(=O)N1CCCC1C(=O)NC1CCCc2cc(N)ccc21. The van der Waals surface area contributed by atoms with E-state index in [1.807, 2.05) is 25.1 Å². The van der Waals surface area contributed by atoms with E-state index in [-0.39, 0.29) is 17.7 Å². The predicted octanol–water partition coefficient (Wildman–Crippen LogP) is 1.97. The van der Waals surface area contributed by atoms with Gasteiger partial charge in [0.25, 0.3) is 0 Å². The van der Waals surface area contributed by atoms with Gasteiger partial charge in [0.1, 0.15) is 6.04 Å². The predicted molar refractivity (Wildman–Crippen MR) is 98.5 cm³/mol. The number of amides is 1. The normalized spacial score (nSPS) is 24.0. The van der Waals surface area contributed by atoms with Crippen LogP contribution in [-0.2, 0) is 21.2 Å². The van der Waals surface area contributed by atoms with E-state index in [4.69, 9.17) is 5.73 Å². The Morgan fingerprint density at radius 2 is 2.12 bits per heavy atom. The minimum absolute atomic E-state index is 0.0619. The van der Waals surface area contributed by atoms with Gasteiger partial charge in [-0.1, -0.05) is 13.0 Å². The maximum absolute atomic E-state index is 12.8. The Morgan fingerprint density at radius 3 is 2.88 bits per heavy atom. The molecule has 6 nitrogen and oxygen atoms in total. The summed E-state index contributed by atoms with van der Waals surface area (Å²) in [6, 6.07) is 5.18. The summed E-state index contributed by atoms with van der Waals surface area (Å²) < 4.78 is 26.2. The number of aryl methyl sites for hydroxylation is 1. The second-order valence-corrected chi connectivity index (χ2v) is 9.04. The molecule has 138 valence electrons. The van der Waals surface area contributed by atoms with Crippen molar-refractivity contribution in [2.45, 2.75) is 57.5 Å². The van der Waals surface area contributed by atoms with Crippen molar-refractivity contribution in [1.29, 1.82) is 0 Å². The molecule has 1 heterocycles.